The number of rotatable bonds is 3. The summed E-state index contributed by atoms with van der Waals surface area (Å²) in [5, 5.41) is 9.62. The molecule has 2 atom stereocenters. The first-order valence-corrected chi connectivity index (χ1v) is 7.72. The second-order valence-electron chi connectivity index (χ2n) is 6.78. The van der Waals surface area contributed by atoms with Crippen molar-refractivity contribution in [2.24, 2.45) is 0 Å². The van der Waals surface area contributed by atoms with Gasteiger partial charge in [0.1, 0.15) is 6.04 Å². The van der Waals surface area contributed by atoms with Crippen LogP contribution < -0.4 is 38.2 Å². The van der Waals surface area contributed by atoms with E-state index in [1.54, 1.807) is 0 Å². The molecule has 2 heterocycles. The monoisotopic (exact) mass is 475 g/mol. The summed E-state index contributed by atoms with van der Waals surface area (Å²) in [6, 6.07) is 1.25. The Kier molecular flexibility index (Phi) is 5.70. The number of methoxy groups -OCH3 is 1. The maximum absolute atomic E-state index is 12.9. The highest BCUT2D eigenvalue weighted by Crippen LogP contribution is 2.52. The van der Waals surface area contributed by atoms with E-state index in [-0.39, 0.29) is 30.8 Å². The van der Waals surface area contributed by atoms with Crippen molar-refractivity contribution >= 4 is 0 Å². The normalized spacial score (nSPS) is 22.0. The molecule has 0 amide bonds. The summed E-state index contributed by atoms with van der Waals surface area (Å²) in [6.45, 7) is 0.716. The van der Waals surface area contributed by atoms with E-state index in [1.807, 2.05) is 20.2 Å². The van der Waals surface area contributed by atoms with Gasteiger partial charge in [0, 0.05) is 12.8 Å². The molecule has 1 aromatic rings. The maximum atomic E-state index is 12.9. The van der Waals surface area contributed by atoms with E-state index in [1.165, 1.54) is 7.11 Å². The molecule has 9 heteroatoms. The van der Waals surface area contributed by atoms with Crippen molar-refractivity contribution in [2.45, 2.75) is 31.2 Å². The summed E-state index contributed by atoms with van der Waals surface area (Å²) in [5.74, 6) is 1.38. The highest BCUT2D eigenvalue weighted by atomic mass is 127. The lowest BCUT2D eigenvalue weighted by atomic mass is 9.86. The van der Waals surface area contributed by atoms with Crippen LogP contribution in [0.25, 0.3) is 0 Å². The minimum absolute atomic E-state index is 0. The molecular weight excluding hydrogens is 454 g/mol. The number of quaternary nitrogens is 1. The molecule has 1 N–H and O–H groups in total. The number of hydrogen-bond acceptors (Lipinski definition) is 4. The molecule has 0 bridgehead atoms. The predicted molar refractivity (Wildman–Crippen MR) is 79.2 cm³/mol. The maximum Gasteiger partial charge on any atom is 0.414 e. The van der Waals surface area contributed by atoms with Crippen molar-refractivity contribution in [1.82, 2.24) is 0 Å². The first-order valence-electron chi connectivity index (χ1n) is 7.72. The summed E-state index contributed by atoms with van der Waals surface area (Å²) in [5.41, 5.74) is 1.55. The Morgan fingerprint density at radius 1 is 1.36 bits per heavy atom. The average molecular weight is 475 g/mol. The Labute approximate surface area is 161 Å². The number of nitrogens with zero attached hydrogens (tertiary/aromatic N) is 1. The number of aliphatic hydroxyl groups excluding tert-OH is 1. The lowest BCUT2D eigenvalue weighted by Gasteiger charge is -2.44. The van der Waals surface area contributed by atoms with Gasteiger partial charge in [-0.15, -0.1) is 0 Å². The van der Waals surface area contributed by atoms with Crippen molar-refractivity contribution in [1.29, 1.82) is 0 Å². The fraction of sp³-hybridized carbons (Fsp3) is 0.625. The van der Waals surface area contributed by atoms with E-state index in [4.69, 9.17) is 14.2 Å². The third kappa shape index (κ3) is 3.63. The fourth-order valence-electron chi connectivity index (χ4n) is 3.51. The fourth-order valence-corrected chi connectivity index (χ4v) is 3.51. The number of fused-ring (bicyclic) bond motifs is 2. The molecule has 0 radical (unpaired) electrons. The Hall–Kier alpha value is -0.940. The molecule has 0 aliphatic carbocycles. The number of ether oxygens (including phenoxy) is 3. The third-order valence-corrected chi connectivity index (χ3v) is 4.91. The number of hydrogen-bond donors (Lipinski definition) is 1. The second-order valence-corrected chi connectivity index (χ2v) is 6.78. The highest BCUT2D eigenvalue weighted by molar-refractivity contribution is 5.61. The molecule has 2 aliphatic rings. The quantitative estimate of drug-likeness (QED) is 0.470. The lowest BCUT2D eigenvalue weighted by molar-refractivity contribution is -0.924. The van der Waals surface area contributed by atoms with Crippen LogP contribution >= 0.6 is 0 Å². The highest BCUT2D eigenvalue weighted by Gasteiger charge is 2.47. The molecule has 5 nitrogen and oxygen atoms in total. The van der Waals surface area contributed by atoms with Crippen LogP contribution in [-0.2, 0) is 6.42 Å². The summed E-state index contributed by atoms with van der Waals surface area (Å²) in [4.78, 5) is 0. The van der Waals surface area contributed by atoms with Crippen LogP contribution in [0.4, 0.5) is 13.2 Å². The van der Waals surface area contributed by atoms with Gasteiger partial charge in [0.15, 0.2) is 17.6 Å². The molecule has 0 saturated heterocycles. The van der Waals surface area contributed by atoms with Gasteiger partial charge < -0.3 is 47.8 Å². The van der Waals surface area contributed by atoms with Crippen molar-refractivity contribution in [2.75, 3.05) is 34.5 Å². The molecule has 142 valence electrons. The minimum atomic E-state index is -4.65. The first kappa shape index (κ1) is 20.4. The van der Waals surface area contributed by atoms with Crippen LogP contribution in [0.1, 0.15) is 23.6 Å². The molecule has 0 fully saturated rings. The summed E-state index contributed by atoms with van der Waals surface area (Å²) in [7, 11) is 5.19. The number of halogens is 4. The number of aliphatic hydroxyl groups is 1. The first-order chi connectivity index (χ1) is 11.1. The van der Waals surface area contributed by atoms with Crippen LogP contribution in [0.3, 0.4) is 0 Å². The third-order valence-electron chi connectivity index (χ3n) is 4.91. The Balaban J connectivity index is 0.00000225. The largest absolute Gasteiger partial charge is 1.00 e. The molecular formula is C16H21F3INO4. The number of likely N-dealkylation sites (N-methyl/N-ethyl adjacent to an activating group) is 1. The summed E-state index contributed by atoms with van der Waals surface area (Å²) in [6.07, 6.45) is -6.78. The van der Waals surface area contributed by atoms with Crippen molar-refractivity contribution in [3.8, 4) is 17.2 Å². The zero-order valence-electron chi connectivity index (χ0n) is 14.2. The average Bonchev–Trinajstić information content (AvgIpc) is 2.95. The topological polar surface area (TPSA) is 47.9 Å². The number of alkyl halides is 3. The molecule has 2 aliphatic heterocycles. The predicted octanol–water partition coefficient (Wildman–Crippen LogP) is -0.585. The smallest absolute Gasteiger partial charge is 0.414 e. The van der Waals surface area contributed by atoms with Gasteiger partial charge in [-0.05, 0) is 11.6 Å². The van der Waals surface area contributed by atoms with E-state index in [9.17, 15) is 18.3 Å². The van der Waals surface area contributed by atoms with Crippen molar-refractivity contribution < 1.29 is 60.9 Å². The van der Waals surface area contributed by atoms with Gasteiger partial charge in [-0.3, -0.25) is 0 Å². The Bertz CT molecular complexity index is 651. The van der Waals surface area contributed by atoms with E-state index in [2.05, 4.69) is 0 Å². The van der Waals surface area contributed by atoms with Gasteiger partial charge in [-0.1, -0.05) is 0 Å². The van der Waals surface area contributed by atoms with Crippen LogP contribution in [0.15, 0.2) is 6.07 Å². The van der Waals surface area contributed by atoms with Gasteiger partial charge in [0.05, 0.1) is 33.3 Å². The van der Waals surface area contributed by atoms with Crippen LogP contribution in [0.5, 0.6) is 17.2 Å². The van der Waals surface area contributed by atoms with E-state index in [0.717, 1.165) is 5.56 Å². The van der Waals surface area contributed by atoms with Crippen LogP contribution in [0, 0.1) is 0 Å². The molecule has 2 unspecified atom stereocenters. The lowest BCUT2D eigenvalue weighted by Crippen LogP contribution is -3.00. The summed E-state index contributed by atoms with van der Waals surface area (Å²) >= 11 is 0. The number of benzene rings is 1. The zero-order valence-corrected chi connectivity index (χ0v) is 16.3. The molecule has 0 spiro atoms. The van der Waals surface area contributed by atoms with Gasteiger partial charge >= 0.3 is 6.18 Å². The Morgan fingerprint density at radius 2 is 2.04 bits per heavy atom. The van der Waals surface area contributed by atoms with Crippen LogP contribution in [0.2, 0.25) is 0 Å². The molecule has 0 saturated carbocycles. The summed E-state index contributed by atoms with van der Waals surface area (Å²) < 4.78 is 55.3. The second kappa shape index (κ2) is 6.99. The SMILES string of the molecule is COc1c2c(cc3c1C(CC(O)C(F)(F)F)[N+](C)(C)CC3)OCO2.[I-]. The van der Waals surface area contributed by atoms with E-state index in [0.29, 0.717) is 40.3 Å². The molecule has 1 aromatic carbocycles. The van der Waals surface area contributed by atoms with Crippen LogP contribution in [-0.4, -0.2) is 56.4 Å². The minimum Gasteiger partial charge on any atom is -1.00 e. The van der Waals surface area contributed by atoms with Gasteiger partial charge in [-0.2, -0.15) is 13.2 Å². The molecule has 3 rings (SSSR count). The molecule has 0 aromatic heterocycles. The van der Waals surface area contributed by atoms with Crippen molar-refractivity contribution in [3.05, 3.63) is 17.2 Å². The van der Waals surface area contributed by atoms with Gasteiger partial charge in [0.2, 0.25) is 12.5 Å². The zero-order chi connectivity index (χ0) is 17.7. The van der Waals surface area contributed by atoms with E-state index >= 15 is 0 Å². The van der Waals surface area contributed by atoms with Gasteiger partial charge in [0.25, 0.3) is 0 Å². The standard InChI is InChI=1S/C16H21F3NO4.HI/c1-20(2)5-4-9-6-11-14(24-8-23-11)15(22-3)13(9)10(20)7-12(21)16(17,18)19;/h6,10,12,21H,4-5,7-8H2,1-3H3;1H/q+1;/p-1. The van der Waals surface area contributed by atoms with Gasteiger partial charge in [-0.25, -0.2) is 0 Å². The van der Waals surface area contributed by atoms with E-state index < -0.39 is 24.7 Å². The van der Waals surface area contributed by atoms with Crippen molar-refractivity contribution in [3.63, 3.8) is 0 Å². The molecule has 25 heavy (non-hydrogen) atoms. The Morgan fingerprint density at radius 3 is 2.64 bits per heavy atom.